The van der Waals surface area contributed by atoms with E-state index in [4.69, 9.17) is 14.8 Å². The molecule has 1 aromatic carbocycles. The maximum atomic E-state index is 13.1. The number of rotatable bonds is 4. The Morgan fingerprint density at radius 1 is 1.43 bits per heavy atom. The van der Waals surface area contributed by atoms with Gasteiger partial charge in [-0.25, -0.2) is 4.39 Å². The summed E-state index contributed by atoms with van der Waals surface area (Å²) in [5.41, 5.74) is 0. The van der Waals surface area contributed by atoms with Gasteiger partial charge in [-0.3, -0.25) is 0 Å². The summed E-state index contributed by atoms with van der Waals surface area (Å²) in [6.07, 6.45) is 0. The fourth-order valence-corrected chi connectivity index (χ4v) is 0.949. The molecule has 0 aliphatic carbocycles. The van der Waals surface area contributed by atoms with Crippen LogP contribution in [0.25, 0.3) is 0 Å². The lowest BCUT2D eigenvalue weighted by molar-refractivity contribution is 0.285. The minimum atomic E-state index is -1.95. The summed E-state index contributed by atoms with van der Waals surface area (Å²) >= 11 is 0. The van der Waals surface area contributed by atoms with Crippen LogP contribution in [-0.2, 0) is 0 Å². The second-order valence-corrected chi connectivity index (χ2v) is 2.47. The second kappa shape index (κ2) is 4.83. The minimum absolute atomic E-state index is 0.0287. The van der Waals surface area contributed by atoms with Crippen LogP contribution in [0.3, 0.4) is 0 Å². The Labute approximate surface area is 81.1 Å². The molecule has 4 nitrogen and oxygen atoms in total. The average molecular weight is 200 g/mol. The van der Waals surface area contributed by atoms with Crippen LogP contribution in [0.2, 0.25) is 0 Å². The molecule has 0 unspecified atom stereocenters. The predicted octanol–water partition coefficient (Wildman–Crippen LogP) is 0.573. The molecule has 0 aliphatic rings. The normalized spacial score (nSPS) is 9.71. The molecule has 1 aromatic rings. The molecule has 0 bridgehead atoms. The van der Waals surface area contributed by atoms with Crippen molar-refractivity contribution in [3.63, 3.8) is 0 Å². The molecule has 0 heterocycles. The molecule has 0 radical (unpaired) electrons. The van der Waals surface area contributed by atoms with Crippen molar-refractivity contribution >= 4 is 7.32 Å². The SMILES string of the molecule is CCOc1ccc(OB(O)O)cc1F. The summed E-state index contributed by atoms with van der Waals surface area (Å²) in [5, 5.41) is 16.9. The topological polar surface area (TPSA) is 58.9 Å². The molecule has 0 aliphatic heterocycles. The van der Waals surface area contributed by atoms with Crippen LogP contribution in [0.4, 0.5) is 4.39 Å². The Morgan fingerprint density at radius 3 is 2.64 bits per heavy atom. The number of hydrogen-bond acceptors (Lipinski definition) is 4. The van der Waals surface area contributed by atoms with Gasteiger partial charge < -0.3 is 19.4 Å². The van der Waals surface area contributed by atoms with Crippen molar-refractivity contribution in [2.75, 3.05) is 6.61 Å². The molecule has 0 atom stereocenters. The molecule has 0 saturated heterocycles. The van der Waals surface area contributed by atoms with Crippen molar-refractivity contribution < 1.29 is 23.8 Å². The summed E-state index contributed by atoms with van der Waals surface area (Å²) in [7, 11) is -1.95. The molecule has 0 aromatic heterocycles. The van der Waals surface area contributed by atoms with Crippen LogP contribution in [0.5, 0.6) is 11.5 Å². The first kappa shape index (κ1) is 10.8. The van der Waals surface area contributed by atoms with E-state index in [1.54, 1.807) is 6.92 Å². The fraction of sp³-hybridized carbons (Fsp3) is 0.250. The lowest BCUT2D eigenvalue weighted by Gasteiger charge is -2.07. The van der Waals surface area contributed by atoms with E-state index < -0.39 is 13.1 Å². The van der Waals surface area contributed by atoms with Crippen LogP contribution in [0.1, 0.15) is 6.92 Å². The van der Waals surface area contributed by atoms with E-state index in [0.29, 0.717) is 6.61 Å². The van der Waals surface area contributed by atoms with Gasteiger partial charge in [-0.05, 0) is 19.1 Å². The first-order chi connectivity index (χ1) is 6.63. The monoisotopic (exact) mass is 200 g/mol. The highest BCUT2D eigenvalue weighted by Gasteiger charge is 2.12. The molecule has 0 spiro atoms. The summed E-state index contributed by atoms with van der Waals surface area (Å²) in [6, 6.07) is 3.76. The first-order valence-electron chi connectivity index (χ1n) is 4.08. The van der Waals surface area contributed by atoms with E-state index in [1.807, 2.05) is 0 Å². The summed E-state index contributed by atoms with van der Waals surface area (Å²) < 4.78 is 22.5. The Balaban J connectivity index is 2.78. The molecular weight excluding hydrogens is 190 g/mol. The average Bonchev–Trinajstić information content (AvgIpc) is 2.09. The number of halogens is 1. The molecule has 0 amide bonds. The van der Waals surface area contributed by atoms with Gasteiger partial charge in [-0.15, -0.1) is 0 Å². The largest absolute Gasteiger partial charge is 0.707 e. The zero-order chi connectivity index (χ0) is 10.6. The quantitative estimate of drug-likeness (QED) is 0.697. The highest BCUT2D eigenvalue weighted by Crippen LogP contribution is 2.22. The van der Waals surface area contributed by atoms with Crippen molar-refractivity contribution in [3.05, 3.63) is 24.0 Å². The summed E-state index contributed by atoms with van der Waals surface area (Å²) in [4.78, 5) is 0. The number of benzene rings is 1. The first-order valence-corrected chi connectivity index (χ1v) is 4.08. The van der Waals surface area contributed by atoms with Crippen molar-refractivity contribution in [3.8, 4) is 11.5 Å². The van der Waals surface area contributed by atoms with E-state index in [9.17, 15) is 4.39 Å². The Hall–Kier alpha value is -1.27. The van der Waals surface area contributed by atoms with Crippen molar-refractivity contribution in [2.45, 2.75) is 6.92 Å². The lowest BCUT2D eigenvalue weighted by Crippen LogP contribution is -2.20. The molecule has 76 valence electrons. The molecule has 6 heteroatoms. The maximum Gasteiger partial charge on any atom is 0.707 e. The van der Waals surface area contributed by atoms with Gasteiger partial charge in [0.15, 0.2) is 11.6 Å². The zero-order valence-electron chi connectivity index (χ0n) is 7.61. The fourth-order valence-electron chi connectivity index (χ4n) is 0.949. The van der Waals surface area contributed by atoms with E-state index in [2.05, 4.69) is 4.65 Å². The maximum absolute atomic E-state index is 13.1. The third-order valence-corrected chi connectivity index (χ3v) is 1.44. The Kier molecular flexibility index (Phi) is 3.73. The van der Waals surface area contributed by atoms with E-state index in [-0.39, 0.29) is 11.5 Å². The van der Waals surface area contributed by atoms with Gasteiger partial charge in [-0.2, -0.15) is 0 Å². The third-order valence-electron chi connectivity index (χ3n) is 1.44. The summed E-state index contributed by atoms with van der Waals surface area (Å²) in [6.45, 7) is 2.10. The van der Waals surface area contributed by atoms with Crippen molar-refractivity contribution in [1.29, 1.82) is 0 Å². The van der Waals surface area contributed by atoms with Crippen LogP contribution in [-0.4, -0.2) is 24.0 Å². The standard InChI is InChI=1S/C8H10BFO4/c1-2-13-8-4-3-6(5-7(8)10)14-9(11)12/h3-5,11-12H,2H2,1H3. The van der Waals surface area contributed by atoms with Crippen LogP contribution < -0.4 is 9.39 Å². The van der Waals surface area contributed by atoms with Crippen LogP contribution >= 0.6 is 0 Å². The van der Waals surface area contributed by atoms with Gasteiger partial charge in [0.2, 0.25) is 0 Å². The van der Waals surface area contributed by atoms with Crippen molar-refractivity contribution in [2.24, 2.45) is 0 Å². The van der Waals surface area contributed by atoms with Gasteiger partial charge in [0.1, 0.15) is 5.75 Å². The van der Waals surface area contributed by atoms with Gasteiger partial charge in [0, 0.05) is 6.07 Å². The smallest absolute Gasteiger partial charge is 0.512 e. The highest BCUT2D eigenvalue weighted by molar-refractivity contribution is 6.33. The van der Waals surface area contributed by atoms with E-state index >= 15 is 0 Å². The van der Waals surface area contributed by atoms with Crippen molar-refractivity contribution in [1.82, 2.24) is 0 Å². The van der Waals surface area contributed by atoms with E-state index in [0.717, 1.165) is 6.07 Å². The third kappa shape index (κ3) is 2.90. The molecule has 14 heavy (non-hydrogen) atoms. The molecular formula is C8H10BFO4. The predicted molar refractivity (Wildman–Crippen MR) is 48.4 cm³/mol. The zero-order valence-corrected chi connectivity index (χ0v) is 7.61. The number of hydrogen-bond donors (Lipinski definition) is 2. The molecule has 0 fully saturated rings. The van der Waals surface area contributed by atoms with Gasteiger partial charge >= 0.3 is 7.32 Å². The Bertz CT molecular complexity index is 305. The van der Waals surface area contributed by atoms with Crippen LogP contribution in [0.15, 0.2) is 18.2 Å². The Morgan fingerprint density at radius 2 is 2.14 bits per heavy atom. The second-order valence-electron chi connectivity index (χ2n) is 2.47. The van der Waals surface area contributed by atoms with E-state index in [1.165, 1.54) is 12.1 Å². The minimum Gasteiger partial charge on any atom is -0.512 e. The lowest BCUT2D eigenvalue weighted by atomic mass is 10.2. The highest BCUT2D eigenvalue weighted by atomic mass is 19.1. The van der Waals surface area contributed by atoms with Gasteiger partial charge in [-0.1, -0.05) is 0 Å². The van der Waals surface area contributed by atoms with Gasteiger partial charge in [0.05, 0.1) is 6.61 Å². The summed E-state index contributed by atoms with van der Waals surface area (Å²) in [5.74, 6) is -0.474. The number of ether oxygens (including phenoxy) is 1. The molecule has 0 saturated carbocycles. The van der Waals surface area contributed by atoms with Crippen LogP contribution in [0, 0.1) is 5.82 Å². The van der Waals surface area contributed by atoms with Gasteiger partial charge in [0.25, 0.3) is 0 Å². The molecule has 2 N–H and O–H groups in total. The molecule has 1 rings (SSSR count).